The number of nitrogens with zero attached hydrogens (tertiary/aromatic N) is 1. The fourth-order valence-electron chi connectivity index (χ4n) is 2.33. The van der Waals surface area contributed by atoms with Crippen molar-refractivity contribution in [1.82, 2.24) is 3.11 Å². The van der Waals surface area contributed by atoms with Gasteiger partial charge in [0.05, 0.1) is 0 Å². The van der Waals surface area contributed by atoms with Crippen molar-refractivity contribution in [2.75, 3.05) is 8.86 Å². The summed E-state index contributed by atoms with van der Waals surface area (Å²) in [6, 6.07) is 1.77. The van der Waals surface area contributed by atoms with Crippen LogP contribution in [0.5, 0.6) is 0 Å². The van der Waals surface area contributed by atoms with Crippen molar-refractivity contribution in [1.29, 1.82) is 0 Å². The molecule has 0 spiro atoms. The van der Waals surface area contributed by atoms with Crippen LogP contribution < -0.4 is 0 Å². The van der Waals surface area contributed by atoms with Crippen molar-refractivity contribution >= 4 is 20.1 Å². The van der Waals surface area contributed by atoms with Crippen molar-refractivity contribution in [3.05, 3.63) is 0 Å². The standard InChI is InChI=1S/C11H24IN/c1-5-12(6-2)13-10(3)8-7-9-11(13)4/h10-11H,5-9H2,1-4H3. The number of piperidine rings is 1. The molecular weight excluding hydrogens is 273 g/mol. The van der Waals surface area contributed by atoms with E-state index in [1.54, 1.807) is 0 Å². The number of rotatable bonds is 3. The van der Waals surface area contributed by atoms with Crippen LogP contribution in [0.2, 0.25) is 0 Å². The Kier molecular flexibility index (Phi) is 5.01. The van der Waals surface area contributed by atoms with Crippen molar-refractivity contribution in [3.63, 3.8) is 0 Å². The molecule has 80 valence electrons. The Morgan fingerprint density at radius 2 is 1.54 bits per heavy atom. The number of hydrogen-bond donors (Lipinski definition) is 0. The summed E-state index contributed by atoms with van der Waals surface area (Å²) in [6.45, 7) is 9.65. The van der Waals surface area contributed by atoms with Gasteiger partial charge in [-0.1, -0.05) is 0 Å². The van der Waals surface area contributed by atoms with E-state index < -0.39 is 20.1 Å². The van der Waals surface area contributed by atoms with Gasteiger partial charge >= 0.3 is 91.1 Å². The zero-order valence-corrected chi connectivity index (χ0v) is 11.7. The molecule has 2 heteroatoms. The minimum absolute atomic E-state index is 0.733. The molecule has 2 atom stereocenters. The van der Waals surface area contributed by atoms with Crippen molar-refractivity contribution in [3.8, 4) is 0 Å². The van der Waals surface area contributed by atoms with Gasteiger partial charge in [-0.05, 0) is 0 Å². The Bertz CT molecular complexity index is 135. The van der Waals surface area contributed by atoms with E-state index in [2.05, 4.69) is 30.8 Å². The predicted octanol–water partition coefficient (Wildman–Crippen LogP) is 3.71. The first-order chi connectivity index (χ1) is 6.20. The number of hydrogen-bond acceptors (Lipinski definition) is 1. The third-order valence-electron chi connectivity index (χ3n) is 2.98. The fraction of sp³-hybridized carbons (Fsp3) is 1.00. The molecule has 1 fully saturated rings. The molecule has 1 nitrogen and oxygen atoms in total. The van der Waals surface area contributed by atoms with Crippen molar-refractivity contribution in [2.45, 2.75) is 59.0 Å². The van der Waals surface area contributed by atoms with Gasteiger partial charge in [0.2, 0.25) is 0 Å². The Balaban J connectivity index is 2.60. The SMILES string of the molecule is CCI(CC)N1C(C)CCCC1C. The van der Waals surface area contributed by atoms with Crippen molar-refractivity contribution in [2.24, 2.45) is 0 Å². The normalized spacial score (nSPS) is 31.8. The van der Waals surface area contributed by atoms with Gasteiger partial charge in [-0.25, -0.2) is 0 Å². The van der Waals surface area contributed by atoms with Crippen LogP contribution in [0, 0.1) is 0 Å². The van der Waals surface area contributed by atoms with E-state index in [0.717, 1.165) is 12.1 Å². The van der Waals surface area contributed by atoms with Gasteiger partial charge in [0.25, 0.3) is 0 Å². The summed E-state index contributed by atoms with van der Waals surface area (Å²) in [7, 11) is 0. The molecule has 2 unspecified atom stereocenters. The fourth-order valence-corrected chi connectivity index (χ4v) is 8.23. The third-order valence-corrected chi connectivity index (χ3v) is 9.98. The van der Waals surface area contributed by atoms with E-state index >= 15 is 0 Å². The summed E-state index contributed by atoms with van der Waals surface area (Å²) in [5, 5.41) is 0. The molecule has 1 heterocycles. The van der Waals surface area contributed by atoms with Gasteiger partial charge in [-0.3, -0.25) is 0 Å². The van der Waals surface area contributed by atoms with Crippen molar-refractivity contribution < 1.29 is 0 Å². The van der Waals surface area contributed by atoms with E-state index in [1.807, 2.05) is 0 Å². The quantitative estimate of drug-likeness (QED) is 0.436. The van der Waals surface area contributed by atoms with E-state index in [9.17, 15) is 0 Å². The molecule has 0 amide bonds. The molecule has 1 aliphatic heterocycles. The molecule has 13 heavy (non-hydrogen) atoms. The van der Waals surface area contributed by atoms with Crippen LogP contribution in [0.1, 0.15) is 47.0 Å². The van der Waals surface area contributed by atoms with E-state index in [0.29, 0.717) is 0 Å². The number of halogens is 1. The zero-order valence-electron chi connectivity index (χ0n) is 9.52. The Morgan fingerprint density at radius 3 is 1.92 bits per heavy atom. The van der Waals surface area contributed by atoms with E-state index in [4.69, 9.17) is 0 Å². The van der Waals surface area contributed by atoms with E-state index in [-0.39, 0.29) is 0 Å². The topological polar surface area (TPSA) is 3.24 Å². The van der Waals surface area contributed by atoms with Gasteiger partial charge in [0.15, 0.2) is 0 Å². The van der Waals surface area contributed by atoms with Crippen LogP contribution in [0.3, 0.4) is 0 Å². The molecule has 1 rings (SSSR count). The molecule has 0 aromatic heterocycles. The van der Waals surface area contributed by atoms with Crippen LogP contribution >= 0.6 is 20.1 Å². The first kappa shape index (κ1) is 11.8. The average Bonchev–Trinajstić information content (AvgIpc) is 2.11. The second kappa shape index (κ2) is 5.54. The zero-order chi connectivity index (χ0) is 9.84. The van der Waals surface area contributed by atoms with Crippen LogP contribution in [-0.4, -0.2) is 24.1 Å². The molecule has 1 aliphatic rings. The summed E-state index contributed by atoms with van der Waals surface area (Å²) >= 11 is -0.733. The summed E-state index contributed by atoms with van der Waals surface area (Å²) in [6.07, 6.45) is 4.34. The molecule has 0 N–H and O–H groups in total. The number of alkyl halides is 2. The maximum atomic E-state index is 2.91. The van der Waals surface area contributed by atoms with E-state index in [1.165, 1.54) is 28.1 Å². The Morgan fingerprint density at radius 1 is 1.08 bits per heavy atom. The minimum atomic E-state index is -0.733. The maximum absolute atomic E-state index is 2.91. The van der Waals surface area contributed by atoms with Crippen LogP contribution in [-0.2, 0) is 0 Å². The van der Waals surface area contributed by atoms with Gasteiger partial charge < -0.3 is 0 Å². The van der Waals surface area contributed by atoms with Crippen LogP contribution in [0.15, 0.2) is 0 Å². The van der Waals surface area contributed by atoms with Gasteiger partial charge in [-0.2, -0.15) is 0 Å². The summed E-state index contributed by atoms with van der Waals surface area (Å²) in [4.78, 5) is 0. The molecule has 0 aromatic rings. The van der Waals surface area contributed by atoms with Crippen LogP contribution in [0.4, 0.5) is 0 Å². The molecular formula is C11H24IN. The van der Waals surface area contributed by atoms with Crippen LogP contribution in [0.25, 0.3) is 0 Å². The first-order valence-electron chi connectivity index (χ1n) is 5.61. The summed E-state index contributed by atoms with van der Waals surface area (Å²) in [5.41, 5.74) is 0. The second-order valence-corrected chi connectivity index (χ2v) is 10.5. The predicted molar refractivity (Wildman–Crippen MR) is 69.7 cm³/mol. The third kappa shape index (κ3) is 2.82. The molecule has 0 radical (unpaired) electrons. The first-order valence-corrected chi connectivity index (χ1v) is 9.62. The van der Waals surface area contributed by atoms with Gasteiger partial charge in [0, 0.05) is 0 Å². The summed E-state index contributed by atoms with van der Waals surface area (Å²) < 4.78 is 5.84. The molecule has 0 saturated carbocycles. The van der Waals surface area contributed by atoms with Gasteiger partial charge in [-0.15, -0.1) is 0 Å². The average molecular weight is 297 g/mol. The second-order valence-electron chi connectivity index (χ2n) is 3.94. The summed E-state index contributed by atoms with van der Waals surface area (Å²) in [5.74, 6) is 0. The molecule has 0 bridgehead atoms. The molecule has 0 aliphatic carbocycles. The Labute approximate surface area is 91.0 Å². The van der Waals surface area contributed by atoms with Gasteiger partial charge in [0.1, 0.15) is 0 Å². The monoisotopic (exact) mass is 297 g/mol. The Hall–Kier alpha value is 0.690. The molecule has 0 aromatic carbocycles. The molecule has 1 saturated heterocycles.